The van der Waals surface area contributed by atoms with Gasteiger partial charge in [-0.3, -0.25) is 0 Å². The first-order valence-electron chi connectivity index (χ1n) is 13.4. The minimum Gasteiger partial charge on any atom is -0.350 e. The predicted octanol–water partition coefficient (Wildman–Crippen LogP) is 6.00. The highest BCUT2D eigenvalue weighted by atomic mass is 32.2. The fraction of sp³-hybridized carbons (Fsp3) is 0.300. The summed E-state index contributed by atoms with van der Waals surface area (Å²) in [6.07, 6.45) is 1.03. The van der Waals surface area contributed by atoms with Gasteiger partial charge in [-0.05, 0) is 47.2 Å². The van der Waals surface area contributed by atoms with Crippen LogP contribution in [0.5, 0.6) is 0 Å². The number of rotatable bonds is 8. The first-order chi connectivity index (χ1) is 20.0. The lowest BCUT2D eigenvalue weighted by molar-refractivity contribution is 0.254. The molecule has 0 saturated carbocycles. The van der Waals surface area contributed by atoms with Crippen LogP contribution < -0.4 is 15.4 Å². The molecule has 8 nitrogen and oxygen atoms in total. The molecule has 42 heavy (non-hydrogen) atoms. The number of hydrogen-bond donors (Lipinski definition) is 3. The van der Waals surface area contributed by atoms with Gasteiger partial charge in [0.25, 0.3) is 0 Å². The van der Waals surface area contributed by atoms with E-state index in [2.05, 4.69) is 41.0 Å². The molecule has 3 N–H and O–H groups in total. The largest absolute Gasteiger partial charge is 0.350 e. The van der Waals surface area contributed by atoms with Gasteiger partial charge in [-0.1, -0.05) is 32.0 Å². The van der Waals surface area contributed by atoms with Crippen molar-refractivity contribution in [1.29, 1.82) is 0 Å². The molecule has 12 heteroatoms. The van der Waals surface area contributed by atoms with Gasteiger partial charge < -0.3 is 15.4 Å². The van der Waals surface area contributed by atoms with E-state index in [1.807, 2.05) is 19.9 Å². The van der Waals surface area contributed by atoms with Gasteiger partial charge in [0.1, 0.15) is 23.3 Å². The molecule has 218 valence electrons. The van der Waals surface area contributed by atoms with Gasteiger partial charge in [0.15, 0.2) is 5.69 Å². The van der Waals surface area contributed by atoms with E-state index in [0.29, 0.717) is 47.7 Å². The van der Waals surface area contributed by atoms with Crippen molar-refractivity contribution >= 4 is 43.9 Å². The van der Waals surface area contributed by atoms with Crippen molar-refractivity contribution in [3.63, 3.8) is 0 Å². The number of fused-ring (bicyclic) bond motifs is 1. The van der Waals surface area contributed by atoms with Gasteiger partial charge in [0, 0.05) is 40.8 Å². The SMILES string of the molecule is [C-]#[N+]c1ccc(CS(=C)(=O)Nc2ccc(-c3cc(C(C)C)c4nc(N[C@@H]5CNC[C@@H](F)C5)ncc4n3)cc2F)c(F)c1. The lowest BCUT2D eigenvalue weighted by atomic mass is 9.99. The monoisotopic (exact) mass is 593 g/mol. The van der Waals surface area contributed by atoms with E-state index in [9.17, 15) is 13.0 Å². The Bertz CT molecular complexity index is 1790. The molecule has 3 atom stereocenters. The molecule has 4 aromatic rings. The fourth-order valence-electron chi connectivity index (χ4n) is 4.85. The van der Waals surface area contributed by atoms with Gasteiger partial charge in [0.2, 0.25) is 5.95 Å². The number of hydrogen-bond acceptors (Lipinski definition) is 6. The predicted molar refractivity (Wildman–Crippen MR) is 162 cm³/mol. The van der Waals surface area contributed by atoms with Gasteiger partial charge in [0.05, 0.1) is 35.4 Å². The van der Waals surface area contributed by atoms with E-state index in [4.69, 9.17) is 6.57 Å². The molecular formula is C30H30F3N7OS. The number of anilines is 2. The normalized spacial score (nSPS) is 18.4. The summed E-state index contributed by atoms with van der Waals surface area (Å²) in [5.74, 6) is 2.46. The molecule has 1 aliphatic heterocycles. The van der Waals surface area contributed by atoms with Gasteiger partial charge in [-0.15, -0.1) is 0 Å². The minimum atomic E-state index is -3.16. The summed E-state index contributed by atoms with van der Waals surface area (Å²) >= 11 is 0. The quantitative estimate of drug-likeness (QED) is 0.171. The van der Waals surface area contributed by atoms with E-state index in [1.165, 1.54) is 24.3 Å². The zero-order valence-electron chi connectivity index (χ0n) is 23.1. The summed E-state index contributed by atoms with van der Waals surface area (Å²) in [4.78, 5) is 16.9. The molecule has 5 rings (SSSR count). The third-order valence-electron chi connectivity index (χ3n) is 6.94. The van der Waals surface area contributed by atoms with E-state index in [1.54, 1.807) is 12.3 Å². The van der Waals surface area contributed by atoms with Gasteiger partial charge >= 0.3 is 0 Å². The number of pyridine rings is 1. The fourth-order valence-corrected chi connectivity index (χ4v) is 6.23. The van der Waals surface area contributed by atoms with Crippen LogP contribution in [0.1, 0.15) is 37.3 Å². The molecular weight excluding hydrogens is 563 g/mol. The molecule has 0 radical (unpaired) electrons. The first-order valence-corrected chi connectivity index (χ1v) is 15.3. The van der Waals surface area contributed by atoms with Crippen molar-refractivity contribution in [1.82, 2.24) is 20.3 Å². The van der Waals surface area contributed by atoms with Crippen molar-refractivity contribution in [3.05, 3.63) is 82.8 Å². The smallest absolute Gasteiger partial charge is 0.223 e. The highest BCUT2D eigenvalue weighted by molar-refractivity contribution is 8.00. The number of aromatic nitrogens is 3. The van der Waals surface area contributed by atoms with Crippen LogP contribution in [0.3, 0.4) is 0 Å². The highest BCUT2D eigenvalue weighted by Crippen LogP contribution is 2.31. The molecule has 1 fully saturated rings. The number of piperidine rings is 1. The van der Waals surface area contributed by atoms with E-state index >= 15 is 4.39 Å². The van der Waals surface area contributed by atoms with Crippen LogP contribution in [0.2, 0.25) is 0 Å². The Labute approximate surface area is 242 Å². The molecule has 0 amide bonds. The Morgan fingerprint density at radius 3 is 2.64 bits per heavy atom. The zero-order valence-corrected chi connectivity index (χ0v) is 23.9. The third kappa shape index (κ3) is 6.64. The van der Waals surface area contributed by atoms with Gasteiger partial charge in [-0.2, -0.15) is 0 Å². The Morgan fingerprint density at radius 2 is 1.95 bits per heavy atom. The molecule has 1 saturated heterocycles. The second-order valence-corrected chi connectivity index (χ2v) is 12.8. The van der Waals surface area contributed by atoms with Crippen molar-refractivity contribution in [2.45, 2.75) is 44.2 Å². The summed E-state index contributed by atoms with van der Waals surface area (Å²) in [6.45, 7) is 12.0. The molecule has 3 heterocycles. The van der Waals surface area contributed by atoms with Crippen LogP contribution in [0.25, 0.3) is 27.1 Å². The average molecular weight is 594 g/mol. The number of alkyl halides is 1. The summed E-state index contributed by atoms with van der Waals surface area (Å²) in [7, 11) is -3.16. The Hall–Kier alpha value is -4.21. The summed E-state index contributed by atoms with van der Waals surface area (Å²) in [6, 6.07) is 9.95. The van der Waals surface area contributed by atoms with Gasteiger partial charge in [-0.25, -0.2) is 37.2 Å². The Balaban J connectivity index is 1.39. The van der Waals surface area contributed by atoms with Crippen molar-refractivity contribution in [3.8, 4) is 11.3 Å². The Morgan fingerprint density at radius 1 is 1.14 bits per heavy atom. The van der Waals surface area contributed by atoms with E-state index in [-0.39, 0.29) is 34.7 Å². The summed E-state index contributed by atoms with van der Waals surface area (Å²) < 4.78 is 59.1. The standard InChI is InChI=1S/C30H30F3N7OS/c1-17(2)23-12-27(38-28-15-36-30(39-29(23)28)37-22-10-20(31)13-35-14-22)18-6-8-26(25(33)9-18)40-42(4,41)16-19-5-7-21(34-3)11-24(19)32/h5-9,11-12,15,17,20,22,35H,4,10,13-14,16H2,1-2H3,(H,40,41)(H,36,37,39)/t20-,22-,42?/m0/s1. The van der Waals surface area contributed by atoms with Crippen LogP contribution in [0.4, 0.5) is 30.5 Å². The Kier molecular flexibility index (Phi) is 8.34. The molecule has 2 aromatic carbocycles. The molecule has 0 bridgehead atoms. The average Bonchev–Trinajstić information content (AvgIpc) is 2.94. The van der Waals surface area contributed by atoms with E-state index in [0.717, 1.165) is 11.6 Å². The van der Waals surface area contributed by atoms with Crippen LogP contribution in [0, 0.1) is 18.2 Å². The molecule has 2 aromatic heterocycles. The lowest BCUT2D eigenvalue weighted by Crippen LogP contribution is -2.44. The van der Waals surface area contributed by atoms with Crippen LogP contribution in [0.15, 0.2) is 48.7 Å². The second kappa shape index (κ2) is 12.0. The maximum atomic E-state index is 15.2. The maximum Gasteiger partial charge on any atom is 0.223 e. The number of nitrogens with one attached hydrogen (secondary N) is 3. The minimum absolute atomic E-state index is 0.0476. The number of halogens is 3. The lowest BCUT2D eigenvalue weighted by Gasteiger charge is -2.26. The molecule has 0 aliphatic carbocycles. The third-order valence-corrected chi connectivity index (χ3v) is 8.31. The van der Waals surface area contributed by atoms with Crippen LogP contribution in [-0.2, 0) is 15.5 Å². The van der Waals surface area contributed by atoms with Crippen LogP contribution in [-0.4, -0.2) is 50.3 Å². The highest BCUT2D eigenvalue weighted by Gasteiger charge is 2.22. The first kappa shape index (κ1) is 29.3. The molecule has 0 spiro atoms. The summed E-state index contributed by atoms with van der Waals surface area (Å²) in [5, 5.41) is 6.25. The van der Waals surface area contributed by atoms with E-state index < -0.39 is 27.5 Å². The second-order valence-electron chi connectivity index (χ2n) is 10.7. The van der Waals surface area contributed by atoms with Crippen LogP contribution >= 0.6 is 0 Å². The van der Waals surface area contributed by atoms with Crippen molar-refractivity contribution < 1.29 is 17.4 Å². The molecule has 1 unspecified atom stereocenters. The number of nitrogens with zero attached hydrogens (tertiary/aromatic N) is 4. The number of benzene rings is 2. The summed E-state index contributed by atoms with van der Waals surface area (Å²) in [5.41, 5.74) is 3.25. The van der Waals surface area contributed by atoms with Crippen molar-refractivity contribution in [2.75, 3.05) is 23.1 Å². The molecule has 1 aliphatic rings. The maximum absolute atomic E-state index is 15.2. The zero-order chi connectivity index (χ0) is 30.0. The van der Waals surface area contributed by atoms with Crippen molar-refractivity contribution in [2.24, 2.45) is 0 Å². The topological polar surface area (TPSA) is 96.2 Å².